The minimum absolute atomic E-state index is 0.117. The summed E-state index contributed by atoms with van der Waals surface area (Å²) in [6.45, 7) is 2.78. The van der Waals surface area contributed by atoms with Crippen molar-refractivity contribution in [3.8, 4) is 0 Å². The third kappa shape index (κ3) is 3.82. The van der Waals surface area contributed by atoms with E-state index in [1.807, 2.05) is 0 Å². The Bertz CT molecular complexity index is 988. The van der Waals surface area contributed by atoms with E-state index in [4.69, 9.17) is 10.5 Å². The molecule has 0 aliphatic carbocycles. The van der Waals surface area contributed by atoms with E-state index in [1.165, 1.54) is 24.3 Å². The fourth-order valence-corrected chi connectivity index (χ4v) is 4.87. The summed E-state index contributed by atoms with van der Waals surface area (Å²) < 4.78 is 5.03. The number of aromatic nitrogens is 1. The molecule has 1 saturated heterocycles. The number of nitrogen functional groups attached to an aromatic ring is 1. The highest BCUT2D eigenvalue weighted by molar-refractivity contribution is 8.00. The summed E-state index contributed by atoms with van der Waals surface area (Å²) in [6, 6.07) is -1.02. The minimum Gasteiger partial charge on any atom is -0.476 e. The van der Waals surface area contributed by atoms with Gasteiger partial charge in [0.25, 0.3) is 11.8 Å². The van der Waals surface area contributed by atoms with Gasteiger partial charge in [-0.1, -0.05) is 5.16 Å². The number of nitrogens with two attached hydrogens (primary N) is 1. The fraction of sp³-hybridized carbons (Fsp3) is 0.375. The van der Waals surface area contributed by atoms with Crippen molar-refractivity contribution in [3.63, 3.8) is 0 Å². The van der Waals surface area contributed by atoms with Crippen LogP contribution >= 0.6 is 23.1 Å². The Morgan fingerprint density at radius 2 is 2.10 bits per heavy atom. The first kappa shape index (κ1) is 21.6. The van der Waals surface area contributed by atoms with Crippen molar-refractivity contribution in [1.29, 1.82) is 0 Å². The van der Waals surface area contributed by atoms with E-state index in [1.54, 1.807) is 6.92 Å². The van der Waals surface area contributed by atoms with Crippen LogP contribution in [0, 0.1) is 0 Å². The quantitative estimate of drug-likeness (QED) is 0.224. The number of carbonyl (C=O) groups is 4. The molecule has 1 fully saturated rings. The van der Waals surface area contributed by atoms with Crippen LogP contribution in [0.15, 0.2) is 22.0 Å². The number of thioether (sulfide) groups is 1. The molecule has 0 radical (unpaired) electrons. The zero-order chi connectivity index (χ0) is 22.2. The number of amides is 2. The number of anilines is 1. The molecule has 30 heavy (non-hydrogen) atoms. The molecule has 3 rings (SSSR count). The lowest BCUT2D eigenvalue weighted by Crippen LogP contribution is -2.71. The first-order valence-corrected chi connectivity index (χ1v) is 10.3. The maximum Gasteiger partial charge on any atom is 0.356 e. The van der Waals surface area contributed by atoms with Crippen molar-refractivity contribution in [2.45, 2.75) is 30.5 Å². The molecule has 2 amide bonds. The Morgan fingerprint density at radius 1 is 1.40 bits per heavy atom. The average Bonchev–Trinajstić information content (AvgIpc) is 3.10. The van der Waals surface area contributed by atoms with Crippen molar-refractivity contribution < 1.29 is 33.9 Å². The van der Waals surface area contributed by atoms with E-state index in [2.05, 4.69) is 20.3 Å². The molecule has 1 aromatic heterocycles. The molecule has 0 saturated carbocycles. The van der Waals surface area contributed by atoms with Gasteiger partial charge < -0.3 is 25.7 Å². The highest BCUT2D eigenvalue weighted by atomic mass is 32.2. The number of carboxylic acids is 1. The second-order valence-electron chi connectivity index (χ2n) is 6.13. The van der Waals surface area contributed by atoms with Crippen LogP contribution in [0.5, 0.6) is 0 Å². The summed E-state index contributed by atoms with van der Waals surface area (Å²) in [5.41, 5.74) is 5.16. The largest absolute Gasteiger partial charge is 0.476 e. The molecule has 0 aromatic carbocycles. The van der Waals surface area contributed by atoms with Crippen LogP contribution in [0.25, 0.3) is 0 Å². The molecule has 2 aliphatic heterocycles. The number of carboxylic acid groups (broad SMARTS) is 1. The SMILES string of the molecule is CON=C(C(=O)NC1C(=O)N2C(C(=O)O)=C(OC(C)=O)C(C)S[C@H]12)c1csc(N)n1. The molecule has 3 atom stereocenters. The average molecular weight is 455 g/mol. The van der Waals surface area contributed by atoms with E-state index in [0.29, 0.717) is 0 Å². The highest BCUT2D eigenvalue weighted by Gasteiger charge is 2.56. The van der Waals surface area contributed by atoms with Crippen molar-refractivity contribution in [2.24, 2.45) is 5.16 Å². The number of carbonyl (C=O) groups excluding carboxylic acids is 3. The summed E-state index contributed by atoms with van der Waals surface area (Å²) in [4.78, 5) is 58.1. The molecule has 1 aromatic rings. The zero-order valence-corrected chi connectivity index (χ0v) is 17.6. The van der Waals surface area contributed by atoms with E-state index >= 15 is 0 Å². The standard InChI is InChI=1S/C16H17N5O7S2/c1-5-11(28-6(2)22)10(15(25)26)21-13(24)9(14(21)30-5)19-12(23)8(20-27-3)7-4-29-16(17)18-7/h4-5,9,14H,1-3H3,(H2,17,18)(H,19,23)(H,25,26)/t5?,9?,14-/m1/s1. The van der Waals surface area contributed by atoms with Gasteiger partial charge in [-0.25, -0.2) is 9.78 Å². The summed E-state index contributed by atoms with van der Waals surface area (Å²) in [7, 11) is 1.25. The Morgan fingerprint density at radius 3 is 2.63 bits per heavy atom. The van der Waals surface area contributed by atoms with Crippen LogP contribution in [-0.2, 0) is 28.8 Å². The minimum atomic E-state index is -1.42. The maximum absolute atomic E-state index is 12.7. The molecule has 14 heteroatoms. The Labute approximate surface area is 178 Å². The molecule has 12 nitrogen and oxygen atoms in total. The zero-order valence-electron chi connectivity index (χ0n) is 15.9. The Balaban J connectivity index is 1.84. The van der Waals surface area contributed by atoms with E-state index < -0.39 is 46.1 Å². The third-order valence-corrected chi connectivity index (χ3v) is 6.19. The summed E-state index contributed by atoms with van der Waals surface area (Å²) in [6.07, 6.45) is 0. The predicted octanol–water partition coefficient (Wildman–Crippen LogP) is -0.276. The number of nitrogens with one attached hydrogen (secondary N) is 1. The normalized spacial score (nSPS) is 23.4. The van der Waals surface area contributed by atoms with Crippen LogP contribution in [0.2, 0.25) is 0 Å². The fourth-order valence-electron chi connectivity index (χ4n) is 2.95. The van der Waals surface area contributed by atoms with Gasteiger partial charge in [0.05, 0.1) is 5.25 Å². The van der Waals surface area contributed by atoms with Crippen molar-refractivity contribution >= 4 is 57.7 Å². The summed E-state index contributed by atoms with van der Waals surface area (Å²) in [5.74, 6) is -3.63. The van der Waals surface area contributed by atoms with Crippen molar-refractivity contribution in [3.05, 3.63) is 22.5 Å². The van der Waals surface area contributed by atoms with Gasteiger partial charge in [0.15, 0.2) is 22.3 Å². The molecule has 0 bridgehead atoms. The van der Waals surface area contributed by atoms with Gasteiger partial charge in [-0.15, -0.1) is 23.1 Å². The van der Waals surface area contributed by atoms with E-state index in [0.717, 1.165) is 23.2 Å². The van der Waals surface area contributed by atoms with Gasteiger partial charge in [-0.2, -0.15) is 0 Å². The number of esters is 1. The Hall–Kier alpha value is -3.13. The maximum atomic E-state index is 12.7. The number of β-lactam (4-membered cyclic amide) rings is 1. The second-order valence-corrected chi connectivity index (χ2v) is 8.49. The van der Waals surface area contributed by atoms with Crippen molar-refractivity contribution in [1.82, 2.24) is 15.2 Å². The van der Waals surface area contributed by atoms with Crippen LogP contribution < -0.4 is 11.1 Å². The number of rotatable bonds is 6. The van der Waals surface area contributed by atoms with Crippen LogP contribution in [-0.4, -0.2) is 68.2 Å². The number of ether oxygens (including phenoxy) is 1. The van der Waals surface area contributed by atoms with Gasteiger partial charge >= 0.3 is 11.9 Å². The molecular weight excluding hydrogens is 438 g/mol. The number of hydrogen-bond donors (Lipinski definition) is 3. The predicted molar refractivity (Wildman–Crippen MR) is 106 cm³/mol. The molecule has 4 N–H and O–H groups in total. The van der Waals surface area contributed by atoms with Gasteiger partial charge in [0, 0.05) is 12.3 Å². The third-order valence-electron chi connectivity index (χ3n) is 4.14. The first-order chi connectivity index (χ1) is 14.1. The second kappa shape index (κ2) is 8.31. The number of fused-ring (bicyclic) bond motifs is 1. The monoisotopic (exact) mass is 455 g/mol. The van der Waals surface area contributed by atoms with Gasteiger partial charge in [0.2, 0.25) is 0 Å². The van der Waals surface area contributed by atoms with Crippen molar-refractivity contribution in [2.75, 3.05) is 12.8 Å². The summed E-state index contributed by atoms with van der Waals surface area (Å²) >= 11 is 2.27. The number of nitrogens with zero attached hydrogens (tertiary/aromatic N) is 3. The smallest absolute Gasteiger partial charge is 0.356 e. The molecular formula is C16H17N5O7S2. The number of hydrogen-bond acceptors (Lipinski definition) is 11. The lowest BCUT2D eigenvalue weighted by molar-refractivity contribution is -0.151. The first-order valence-electron chi connectivity index (χ1n) is 8.43. The molecule has 160 valence electrons. The lowest BCUT2D eigenvalue weighted by Gasteiger charge is -2.50. The number of oxime groups is 1. The van der Waals surface area contributed by atoms with Crippen LogP contribution in [0.1, 0.15) is 19.5 Å². The number of aliphatic carboxylic acids is 1. The van der Waals surface area contributed by atoms with Crippen LogP contribution in [0.3, 0.4) is 0 Å². The topological polar surface area (TPSA) is 174 Å². The molecule has 2 aliphatic rings. The Kier molecular flexibility index (Phi) is 5.98. The van der Waals surface area contributed by atoms with E-state index in [-0.39, 0.29) is 22.3 Å². The summed E-state index contributed by atoms with van der Waals surface area (Å²) in [5, 5.41) is 16.2. The van der Waals surface area contributed by atoms with Gasteiger partial charge in [0.1, 0.15) is 24.2 Å². The number of thiazole rings is 1. The molecule has 0 spiro atoms. The van der Waals surface area contributed by atoms with Gasteiger partial charge in [-0.05, 0) is 6.92 Å². The van der Waals surface area contributed by atoms with Crippen LogP contribution in [0.4, 0.5) is 5.13 Å². The highest BCUT2D eigenvalue weighted by Crippen LogP contribution is 2.44. The molecule has 2 unspecified atom stereocenters. The van der Waals surface area contributed by atoms with E-state index in [9.17, 15) is 24.3 Å². The van der Waals surface area contributed by atoms with Gasteiger partial charge in [-0.3, -0.25) is 19.3 Å². The molecule has 3 heterocycles. The lowest BCUT2D eigenvalue weighted by atomic mass is 10.0.